The van der Waals surface area contributed by atoms with E-state index in [1.165, 1.54) is 19.2 Å². The van der Waals surface area contributed by atoms with Crippen LogP contribution in [0.1, 0.15) is 21.5 Å². The molecule has 0 aliphatic carbocycles. The van der Waals surface area contributed by atoms with Gasteiger partial charge in [-0.2, -0.15) is 5.26 Å². The minimum atomic E-state index is -0.296. The second-order valence-electron chi connectivity index (χ2n) is 4.46. The highest BCUT2D eigenvalue weighted by Gasteiger charge is 2.13. The van der Waals surface area contributed by atoms with Gasteiger partial charge in [0.25, 0.3) is 5.91 Å². The Kier molecular flexibility index (Phi) is 5.26. The van der Waals surface area contributed by atoms with E-state index in [9.17, 15) is 4.79 Å². The quantitative estimate of drug-likeness (QED) is 0.924. The highest BCUT2D eigenvalue weighted by molar-refractivity contribution is 6.37. The zero-order valence-electron chi connectivity index (χ0n) is 11.7. The maximum Gasteiger partial charge on any atom is 0.251 e. The zero-order chi connectivity index (χ0) is 16.1. The highest BCUT2D eigenvalue weighted by atomic mass is 35.5. The molecule has 6 heteroatoms. The smallest absolute Gasteiger partial charge is 0.251 e. The lowest BCUT2D eigenvalue weighted by atomic mass is 10.1. The molecule has 1 amide bonds. The Bertz CT molecular complexity index is 714. The number of carbonyl (C=O) groups is 1. The lowest BCUT2D eigenvalue weighted by molar-refractivity contribution is 0.0951. The third kappa shape index (κ3) is 3.70. The van der Waals surface area contributed by atoms with Gasteiger partial charge in [-0.05, 0) is 29.8 Å². The van der Waals surface area contributed by atoms with Gasteiger partial charge >= 0.3 is 0 Å². The average Bonchev–Trinajstić information content (AvgIpc) is 2.52. The molecular formula is C16H12Cl2N2O2. The molecule has 112 valence electrons. The first-order valence-electron chi connectivity index (χ1n) is 6.35. The Labute approximate surface area is 138 Å². The second-order valence-corrected chi connectivity index (χ2v) is 5.28. The third-order valence-electron chi connectivity index (χ3n) is 3.00. The van der Waals surface area contributed by atoms with E-state index in [1.807, 2.05) is 6.07 Å². The molecule has 2 aromatic carbocycles. The summed E-state index contributed by atoms with van der Waals surface area (Å²) in [6.07, 6.45) is 0. The molecule has 0 aliphatic heterocycles. The summed E-state index contributed by atoms with van der Waals surface area (Å²) in [4.78, 5) is 12.1. The number of nitrogens with zero attached hydrogens (tertiary/aromatic N) is 1. The summed E-state index contributed by atoms with van der Waals surface area (Å²) in [7, 11) is 1.46. The van der Waals surface area contributed by atoms with Crippen molar-refractivity contribution in [1.29, 1.82) is 5.26 Å². The number of hydrogen-bond donors (Lipinski definition) is 1. The Morgan fingerprint density at radius 3 is 2.32 bits per heavy atom. The number of methoxy groups -OCH3 is 1. The number of hydrogen-bond acceptors (Lipinski definition) is 3. The molecular weight excluding hydrogens is 323 g/mol. The van der Waals surface area contributed by atoms with Crippen molar-refractivity contribution in [3.63, 3.8) is 0 Å². The van der Waals surface area contributed by atoms with Crippen LogP contribution in [0.3, 0.4) is 0 Å². The van der Waals surface area contributed by atoms with Crippen molar-refractivity contribution in [3.05, 3.63) is 63.1 Å². The number of rotatable bonds is 4. The molecule has 0 aliphatic rings. The van der Waals surface area contributed by atoms with Gasteiger partial charge < -0.3 is 10.1 Å². The molecule has 22 heavy (non-hydrogen) atoms. The van der Waals surface area contributed by atoms with Gasteiger partial charge in [0.1, 0.15) is 0 Å². The maximum absolute atomic E-state index is 12.1. The van der Waals surface area contributed by atoms with Crippen LogP contribution in [0, 0.1) is 11.3 Å². The summed E-state index contributed by atoms with van der Waals surface area (Å²) in [6.45, 7) is 0.339. The molecule has 0 unspecified atom stereocenters. The predicted molar refractivity (Wildman–Crippen MR) is 85.3 cm³/mol. The van der Waals surface area contributed by atoms with Crippen LogP contribution in [0.4, 0.5) is 0 Å². The average molecular weight is 335 g/mol. The number of ether oxygens (including phenoxy) is 1. The minimum Gasteiger partial charge on any atom is -0.494 e. The number of benzene rings is 2. The Hall–Kier alpha value is -2.22. The minimum absolute atomic E-state index is 0.276. The number of nitrogens with one attached hydrogen (secondary N) is 1. The monoisotopic (exact) mass is 334 g/mol. The Morgan fingerprint density at radius 1 is 1.23 bits per heavy atom. The molecule has 0 spiro atoms. The van der Waals surface area contributed by atoms with Crippen molar-refractivity contribution in [2.45, 2.75) is 6.54 Å². The van der Waals surface area contributed by atoms with Crippen LogP contribution in [-0.4, -0.2) is 13.0 Å². The number of nitriles is 1. The lowest BCUT2D eigenvalue weighted by Gasteiger charge is -2.09. The molecule has 0 heterocycles. The predicted octanol–water partition coefficient (Wildman–Crippen LogP) is 3.80. The van der Waals surface area contributed by atoms with Crippen molar-refractivity contribution in [3.8, 4) is 11.8 Å². The summed E-state index contributed by atoms with van der Waals surface area (Å²) in [6, 6.07) is 12.0. The van der Waals surface area contributed by atoms with E-state index in [-0.39, 0.29) is 16.0 Å². The first-order chi connectivity index (χ1) is 10.5. The van der Waals surface area contributed by atoms with Crippen LogP contribution in [0.5, 0.6) is 5.75 Å². The van der Waals surface area contributed by atoms with E-state index in [0.29, 0.717) is 23.4 Å². The van der Waals surface area contributed by atoms with Gasteiger partial charge in [0.2, 0.25) is 0 Å². The Balaban J connectivity index is 2.07. The molecule has 4 nitrogen and oxygen atoms in total. The lowest BCUT2D eigenvalue weighted by Crippen LogP contribution is -2.22. The van der Waals surface area contributed by atoms with E-state index < -0.39 is 0 Å². The van der Waals surface area contributed by atoms with Gasteiger partial charge in [-0.15, -0.1) is 0 Å². The fourth-order valence-corrected chi connectivity index (χ4v) is 2.51. The largest absolute Gasteiger partial charge is 0.494 e. The van der Waals surface area contributed by atoms with E-state index >= 15 is 0 Å². The summed E-state index contributed by atoms with van der Waals surface area (Å²) in [5, 5.41) is 12.1. The SMILES string of the molecule is COc1c(Cl)cc(C(=O)NCc2ccc(C#N)cc2)cc1Cl. The topological polar surface area (TPSA) is 62.1 Å². The summed E-state index contributed by atoms with van der Waals surface area (Å²) < 4.78 is 5.04. The van der Waals surface area contributed by atoms with Crippen LogP contribution >= 0.6 is 23.2 Å². The molecule has 0 radical (unpaired) electrons. The standard InChI is InChI=1S/C16H12Cl2N2O2/c1-22-15-13(17)6-12(7-14(15)18)16(21)20-9-11-4-2-10(8-19)3-5-11/h2-7H,9H2,1H3,(H,20,21). The third-order valence-corrected chi connectivity index (χ3v) is 3.56. The molecule has 1 N–H and O–H groups in total. The first-order valence-corrected chi connectivity index (χ1v) is 7.11. The van der Waals surface area contributed by atoms with E-state index in [2.05, 4.69) is 5.32 Å². The molecule has 2 rings (SSSR count). The number of carbonyl (C=O) groups excluding carboxylic acids is 1. The second kappa shape index (κ2) is 7.17. The summed E-state index contributed by atoms with van der Waals surface area (Å²) >= 11 is 12.0. The van der Waals surface area contributed by atoms with Crippen LogP contribution in [0.2, 0.25) is 10.0 Å². The van der Waals surface area contributed by atoms with Gasteiger partial charge in [-0.1, -0.05) is 35.3 Å². The first kappa shape index (κ1) is 16.2. The van der Waals surface area contributed by atoms with E-state index in [4.69, 9.17) is 33.2 Å². The molecule has 0 fully saturated rings. The van der Waals surface area contributed by atoms with E-state index in [1.54, 1.807) is 24.3 Å². The van der Waals surface area contributed by atoms with Gasteiger partial charge in [-0.3, -0.25) is 4.79 Å². The van der Waals surface area contributed by atoms with Crippen molar-refractivity contribution in [2.24, 2.45) is 0 Å². The van der Waals surface area contributed by atoms with Crippen molar-refractivity contribution >= 4 is 29.1 Å². The number of amides is 1. The van der Waals surface area contributed by atoms with Gasteiger partial charge in [-0.25, -0.2) is 0 Å². The molecule has 0 bridgehead atoms. The normalized spacial score (nSPS) is 9.91. The van der Waals surface area contributed by atoms with Crippen molar-refractivity contribution in [2.75, 3.05) is 7.11 Å². The van der Waals surface area contributed by atoms with Crippen LogP contribution < -0.4 is 10.1 Å². The Morgan fingerprint density at radius 2 is 1.82 bits per heavy atom. The van der Waals surface area contributed by atoms with Crippen LogP contribution in [-0.2, 0) is 6.54 Å². The van der Waals surface area contributed by atoms with Crippen molar-refractivity contribution in [1.82, 2.24) is 5.32 Å². The fourth-order valence-electron chi connectivity index (χ4n) is 1.87. The highest BCUT2D eigenvalue weighted by Crippen LogP contribution is 2.33. The van der Waals surface area contributed by atoms with Gasteiger partial charge in [0, 0.05) is 12.1 Å². The van der Waals surface area contributed by atoms with E-state index in [0.717, 1.165) is 5.56 Å². The zero-order valence-corrected chi connectivity index (χ0v) is 13.2. The molecule has 0 saturated heterocycles. The maximum atomic E-state index is 12.1. The molecule has 0 saturated carbocycles. The van der Waals surface area contributed by atoms with Gasteiger partial charge in [0.15, 0.2) is 5.75 Å². The molecule has 0 aromatic heterocycles. The fraction of sp³-hybridized carbons (Fsp3) is 0.125. The van der Waals surface area contributed by atoms with Crippen LogP contribution in [0.25, 0.3) is 0 Å². The van der Waals surface area contributed by atoms with Crippen molar-refractivity contribution < 1.29 is 9.53 Å². The molecule has 2 aromatic rings. The molecule has 0 atom stereocenters. The summed E-state index contributed by atoms with van der Waals surface area (Å²) in [5.74, 6) is 0.0442. The van der Waals surface area contributed by atoms with Gasteiger partial charge in [0.05, 0.1) is 28.8 Å². The summed E-state index contributed by atoms with van der Waals surface area (Å²) in [5.41, 5.74) is 1.81. The van der Waals surface area contributed by atoms with Crippen LogP contribution in [0.15, 0.2) is 36.4 Å². The number of halogens is 2.